The Hall–Kier alpha value is -0.120. The van der Waals surface area contributed by atoms with Gasteiger partial charge in [0.2, 0.25) is 0 Å². The summed E-state index contributed by atoms with van der Waals surface area (Å²) in [5.74, 6) is 0. The summed E-state index contributed by atoms with van der Waals surface area (Å²) in [5, 5.41) is 3.38. The molecule has 0 aromatic rings. The lowest BCUT2D eigenvalue weighted by atomic mass is 10.1. The van der Waals surface area contributed by atoms with Crippen LogP contribution in [0.1, 0.15) is 41.0 Å². The molecule has 0 saturated heterocycles. The largest absolute Gasteiger partial charge is 0.380 e. The zero-order chi connectivity index (χ0) is 11.9. The summed E-state index contributed by atoms with van der Waals surface area (Å²) in [4.78, 5) is 0. The van der Waals surface area contributed by atoms with Crippen molar-refractivity contribution in [2.45, 2.75) is 52.2 Å². The van der Waals surface area contributed by atoms with Crippen LogP contribution in [0.5, 0.6) is 0 Å². The van der Waals surface area contributed by atoms with Crippen molar-refractivity contribution in [1.29, 1.82) is 0 Å². The van der Waals surface area contributed by atoms with Gasteiger partial charge in [0.15, 0.2) is 0 Å². The lowest BCUT2D eigenvalue weighted by Crippen LogP contribution is -2.38. The molecule has 0 aromatic carbocycles. The van der Waals surface area contributed by atoms with Crippen LogP contribution in [0.25, 0.3) is 0 Å². The standard InChI is InChI=1S/C12H27NO2/c1-11(2,3)13-8-10-15-9-7-12(4,5)14-6/h13H,7-10H2,1-6H3. The predicted octanol–water partition coefficient (Wildman–Crippen LogP) is 2.21. The molecule has 0 radical (unpaired) electrons. The van der Waals surface area contributed by atoms with Gasteiger partial charge in [-0.3, -0.25) is 0 Å². The Morgan fingerprint density at radius 3 is 2.07 bits per heavy atom. The van der Waals surface area contributed by atoms with Gasteiger partial charge in [-0.25, -0.2) is 0 Å². The molecule has 0 unspecified atom stereocenters. The molecule has 0 amide bonds. The number of nitrogens with one attached hydrogen (secondary N) is 1. The second-order valence-electron chi connectivity index (χ2n) is 5.50. The molecule has 0 spiro atoms. The first-order valence-corrected chi connectivity index (χ1v) is 5.65. The molecule has 1 N–H and O–H groups in total. The van der Waals surface area contributed by atoms with Crippen molar-refractivity contribution in [3.05, 3.63) is 0 Å². The quantitative estimate of drug-likeness (QED) is 0.663. The molecule has 0 aromatic heterocycles. The van der Waals surface area contributed by atoms with Crippen LogP contribution in [0.4, 0.5) is 0 Å². The molecule has 0 saturated carbocycles. The second-order valence-corrected chi connectivity index (χ2v) is 5.50. The fourth-order valence-electron chi connectivity index (χ4n) is 1.02. The zero-order valence-corrected chi connectivity index (χ0v) is 11.1. The van der Waals surface area contributed by atoms with E-state index in [1.807, 2.05) is 0 Å². The topological polar surface area (TPSA) is 30.5 Å². The van der Waals surface area contributed by atoms with Gasteiger partial charge in [0.05, 0.1) is 12.2 Å². The summed E-state index contributed by atoms with van der Waals surface area (Å²) in [5.41, 5.74) is 0.104. The highest BCUT2D eigenvalue weighted by atomic mass is 16.5. The second kappa shape index (κ2) is 6.46. The molecule has 0 heterocycles. The summed E-state index contributed by atoms with van der Waals surface area (Å²) >= 11 is 0. The molecule has 15 heavy (non-hydrogen) atoms. The van der Waals surface area contributed by atoms with Crippen LogP contribution in [-0.4, -0.2) is 38.0 Å². The van der Waals surface area contributed by atoms with Gasteiger partial charge >= 0.3 is 0 Å². The summed E-state index contributed by atoms with van der Waals surface area (Å²) in [7, 11) is 1.74. The van der Waals surface area contributed by atoms with E-state index in [9.17, 15) is 0 Å². The number of rotatable bonds is 7. The molecule has 0 rings (SSSR count). The summed E-state index contributed by atoms with van der Waals surface area (Å²) in [6, 6.07) is 0. The van der Waals surface area contributed by atoms with E-state index in [1.165, 1.54) is 0 Å². The number of hydrogen-bond acceptors (Lipinski definition) is 3. The lowest BCUT2D eigenvalue weighted by Gasteiger charge is -2.23. The van der Waals surface area contributed by atoms with Crippen molar-refractivity contribution in [3.63, 3.8) is 0 Å². The molecule has 0 aliphatic carbocycles. The van der Waals surface area contributed by atoms with Crippen LogP contribution >= 0.6 is 0 Å². The van der Waals surface area contributed by atoms with Crippen molar-refractivity contribution >= 4 is 0 Å². The van der Waals surface area contributed by atoms with E-state index < -0.39 is 0 Å². The minimum Gasteiger partial charge on any atom is -0.380 e. The van der Waals surface area contributed by atoms with Crippen LogP contribution in [0, 0.1) is 0 Å². The van der Waals surface area contributed by atoms with Gasteiger partial charge in [0, 0.05) is 25.8 Å². The maximum atomic E-state index is 5.52. The van der Waals surface area contributed by atoms with Crippen molar-refractivity contribution in [2.75, 3.05) is 26.9 Å². The van der Waals surface area contributed by atoms with Crippen LogP contribution in [0.2, 0.25) is 0 Å². The van der Waals surface area contributed by atoms with Crippen molar-refractivity contribution in [1.82, 2.24) is 5.32 Å². The molecule has 0 aliphatic heterocycles. The normalized spacial score (nSPS) is 13.2. The van der Waals surface area contributed by atoms with Crippen LogP contribution in [0.3, 0.4) is 0 Å². The smallest absolute Gasteiger partial charge is 0.0644 e. The summed E-state index contributed by atoms with van der Waals surface area (Å²) in [6.45, 7) is 13.0. The zero-order valence-electron chi connectivity index (χ0n) is 11.1. The third-order valence-corrected chi connectivity index (χ3v) is 2.30. The average Bonchev–Trinajstić information content (AvgIpc) is 2.09. The van der Waals surface area contributed by atoms with Gasteiger partial charge in [-0.1, -0.05) is 0 Å². The van der Waals surface area contributed by atoms with E-state index in [4.69, 9.17) is 9.47 Å². The van der Waals surface area contributed by atoms with Gasteiger partial charge in [-0.05, 0) is 41.0 Å². The van der Waals surface area contributed by atoms with E-state index in [-0.39, 0.29) is 11.1 Å². The van der Waals surface area contributed by atoms with Crippen molar-refractivity contribution in [2.24, 2.45) is 0 Å². The molecule has 0 bridgehead atoms. The third-order valence-electron chi connectivity index (χ3n) is 2.30. The number of methoxy groups -OCH3 is 1. The number of hydrogen-bond donors (Lipinski definition) is 1. The monoisotopic (exact) mass is 217 g/mol. The molecule has 92 valence electrons. The minimum atomic E-state index is -0.0720. The Kier molecular flexibility index (Phi) is 6.41. The van der Waals surface area contributed by atoms with Gasteiger partial charge in [-0.2, -0.15) is 0 Å². The molecular formula is C12H27NO2. The van der Waals surface area contributed by atoms with Gasteiger partial charge in [0.25, 0.3) is 0 Å². The van der Waals surface area contributed by atoms with Gasteiger partial charge in [0.1, 0.15) is 0 Å². The van der Waals surface area contributed by atoms with Crippen molar-refractivity contribution in [3.8, 4) is 0 Å². The lowest BCUT2D eigenvalue weighted by molar-refractivity contribution is -0.00970. The maximum absolute atomic E-state index is 5.52. The van der Waals surface area contributed by atoms with Crippen LogP contribution in [0.15, 0.2) is 0 Å². The average molecular weight is 217 g/mol. The highest BCUT2D eigenvalue weighted by Crippen LogP contribution is 2.12. The van der Waals surface area contributed by atoms with Crippen LogP contribution in [-0.2, 0) is 9.47 Å². The SMILES string of the molecule is COC(C)(C)CCOCCNC(C)(C)C. The Morgan fingerprint density at radius 1 is 1.00 bits per heavy atom. The van der Waals surface area contributed by atoms with Gasteiger partial charge in [-0.15, -0.1) is 0 Å². The Balaban J connectivity index is 3.33. The Morgan fingerprint density at radius 2 is 1.60 bits per heavy atom. The van der Waals surface area contributed by atoms with E-state index in [0.29, 0.717) is 0 Å². The summed E-state index contributed by atoms with van der Waals surface area (Å²) in [6.07, 6.45) is 0.930. The first kappa shape index (κ1) is 14.9. The highest BCUT2D eigenvalue weighted by molar-refractivity contribution is 4.70. The minimum absolute atomic E-state index is 0.0720. The molecule has 0 atom stereocenters. The molecule has 0 aliphatic rings. The summed E-state index contributed by atoms with van der Waals surface area (Å²) < 4.78 is 10.8. The Labute approximate surface area is 94.5 Å². The van der Waals surface area contributed by atoms with Gasteiger partial charge < -0.3 is 14.8 Å². The van der Waals surface area contributed by atoms with E-state index in [0.717, 1.165) is 26.2 Å². The van der Waals surface area contributed by atoms with Crippen molar-refractivity contribution < 1.29 is 9.47 Å². The first-order chi connectivity index (χ1) is 6.77. The fourth-order valence-corrected chi connectivity index (χ4v) is 1.02. The fraction of sp³-hybridized carbons (Fsp3) is 1.00. The maximum Gasteiger partial charge on any atom is 0.0644 e. The first-order valence-electron chi connectivity index (χ1n) is 5.65. The molecule has 3 nitrogen and oxygen atoms in total. The molecule has 3 heteroatoms. The Bertz CT molecular complexity index is 161. The van der Waals surface area contributed by atoms with E-state index >= 15 is 0 Å². The predicted molar refractivity (Wildman–Crippen MR) is 64.3 cm³/mol. The van der Waals surface area contributed by atoms with E-state index in [1.54, 1.807) is 7.11 Å². The third kappa shape index (κ3) is 10.2. The molecule has 0 fully saturated rings. The van der Waals surface area contributed by atoms with Crippen LogP contribution < -0.4 is 5.32 Å². The number of ether oxygens (including phenoxy) is 2. The van der Waals surface area contributed by atoms with E-state index in [2.05, 4.69) is 39.9 Å². The molecular weight excluding hydrogens is 190 g/mol. The highest BCUT2D eigenvalue weighted by Gasteiger charge is 2.15.